The van der Waals surface area contributed by atoms with Gasteiger partial charge in [0.15, 0.2) is 0 Å². The first-order valence-electron chi connectivity index (χ1n) is 8.36. The zero-order valence-electron chi connectivity index (χ0n) is 14.7. The second kappa shape index (κ2) is 7.47. The van der Waals surface area contributed by atoms with E-state index >= 15 is 0 Å². The summed E-state index contributed by atoms with van der Waals surface area (Å²) in [6, 6.07) is 6.01. The number of hydrogen-bond acceptors (Lipinski definition) is 3. The van der Waals surface area contributed by atoms with Crippen LogP contribution in [0.4, 0.5) is 5.69 Å². The van der Waals surface area contributed by atoms with E-state index in [0.29, 0.717) is 5.92 Å². The Hall–Kier alpha value is -1.36. The van der Waals surface area contributed by atoms with Crippen molar-refractivity contribution >= 4 is 21.4 Å². The lowest BCUT2D eigenvalue weighted by Gasteiger charge is -2.23. The lowest BCUT2D eigenvalue weighted by Crippen LogP contribution is -2.26. The van der Waals surface area contributed by atoms with Gasteiger partial charge in [-0.25, -0.2) is 8.42 Å². The molecule has 1 aliphatic heterocycles. The Kier molecular flexibility index (Phi) is 5.84. The van der Waals surface area contributed by atoms with E-state index in [1.807, 2.05) is 12.1 Å². The van der Waals surface area contributed by atoms with E-state index in [-0.39, 0.29) is 0 Å². The first-order chi connectivity index (χ1) is 10.8. The average molecular weight is 337 g/mol. The van der Waals surface area contributed by atoms with E-state index in [1.165, 1.54) is 28.3 Å². The minimum absolute atomic E-state index is 0.478. The number of hydrogen-bond donors (Lipinski definition) is 0. The molecule has 0 unspecified atom stereocenters. The number of rotatable bonds is 7. The van der Waals surface area contributed by atoms with Crippen molar-refractivity contribution in [3.05, 3.63) is 29.3 Å². The van der Waals surface area contributed by atoms with Crippen LogP contribution in [-0.2, 0) is 22.9 Å². The van der Waals surface area contributed by atoms with Gasteiger partial charge in [-0.05, 0) is 55.2 Å². The summed E-state index contributed by atoms with van der Waals surface area (Å²) >= 11 is 0. The summed E-state index contributed by atoms with van der Waals surface area (Å²) in [5.41, 5.74) is 4.53. The molecule has 0 fully saturated rings. The molecule has 0 bridgehead atoms. The topological polar surface area (TPSA) is 49.7 Å². The molecule has 0 saturated carbocycles. The van der Waals surface area contributed by atoms with Crippen LogP contribution in [0, 0.1) is 5.92 Å². The fourth-order valence-electron chi connectivity index (χ4n) is 3.06. The molecule has 0 aliphatic carbocycles. The number of sulfonamides is 1. The molecule has 2 rings (SSSR count). The summed E-state index contributed by atoms with van der Waals surface area (Å²) in [6.07, 6.45) is 6.35. The van der Waals surface area contributed by atoms with Crippen LogP contribution in [0.25, 0.3) is 0 Å². The van der Waals surface area contributed by atoms with Gasteiger partial charge in [0.1, 0.15) is 0 Å². The molecule has 1 heterocycles. The number of anilines is 1. The third-order valence-corrected chi connectivity index (χ3v) is 5.53. The van der Waals surface area contributed by atoms with Gasteiger partial charge in [0.2, 0.25) is 10.0 Å². The number of aryl methyl sites for hydroxylation is 1. The van der Waals surface area contributed by atoms with Crippen molar-refractivity contribution in [2.45, 2.75) is 46.0 Å². The van der Waals surface area contributed by atoms with Crippen LogP contribution in [0.5, 0.6) is 0 Å². The van der Waals surface area contributed by atoms with Gasteiger partial charge in [0, 0.05) is 19.3 Å². The summed E-state index contributed by atoms with van der Waals surface area (Å²) in [4.78, 5) is 4.55. The average Bonchev–Trinajstić information content (AvgIpc) is 2.97. The van der Waals surface area contributed by atoms with Crippen LogP contribution in [0.3, 0.4) is 0 Å². The molecular weight excluding hydrogens is 308 g/mol. The van der Waals surface area contributed by atoms with Crippen LogP contribution >= 0.6 is 0 Å². The zero-order valence-corrected chi connectivity index (χ0v) is 15.5. The largest absolute Gasteiger partial charge is 0.294 e. The molecule has 1 aromatic rings. The van der Waals surface area contributed by atoms with Gasteiger partial charge >= 0.3 is 0 Å². The van der Waals surface area contributed by atoms with Crippen LogP contribution in [0.1, 0.15) is 44.2 Å². The van der Waals surface area contributed by atoms with Gasteiger partial charge in [-0.15, -0.1) is 0 Å². The Morgan fingerprint density at radius 3 is 2.57 bits per heavy atom. The van der Waals surface area contributed by atoms with Gasteiger partial charge in [0.25, 0.3) is 0 Å². The Balaban J connectivity index is 2.32. The van der Waals surface area contributed by atoms with Crippen molar-refractivity contribution in [2.75, 3.05) is 24.2 Å². The maximum atomic E-state index is 12.0. The lowest BCUT2D eigenvalue weighted by atomic mass is 9.93. The van der Waals surface area contributed by atoms with Crippen molar-refractivity contribution in [3.63, 3.8) is 0 Å². The van der Waals surface area contributed by atoms with Crippen molar-refractivity contribution in [1.29, 1.82) is 0 Å². The monoisotopic (exact) mass is 336 g/mol. The molecule has 0 saturated heterocycles. The third-order valence-electron chi connectivity index (χ3n) is 4.34. The first kappa shape index (κ1) is 18.0. The maximum Gasteiger partial charge on any atom is 0.232 e. The molecule has 0 spiro atoms. The molecular formula is C18H28N2O2S. The lowest BCUT2D eigenvalue weighted by molar-refractivity contribution is 0.599. The van der Waals surface area contributed by atoms with Crippen molar-refractivity contribution in [2.24, 2.45) is 10.9 Å². The number of aliphatic imine (C=N–C) groups is 1. The van der Waals surface area contributed by atoms with Gasteiger partial charge in [-0.3, -0.25) is 9.30 Å². The predicted molar refractivity (Wildman–Crippen MR) is 98.1 cm³/mol. The third kappa shape index (κ3) is 4.80. The van der Waals surface area contributed by atoms with Crippen LogP contribution < -0.4 is 4.31 Å². The van der Waals surface area contributed by atoms with E-state index in [9.17, 15) is 8.42 Å². The molecule has 5 heteroatoms. The summed E-state index contributed by atoms with van der Waals surface area (Å²) in [5.74, 6) is 0.478. The van der Waals surface area contributed by atoms with Crippen molar-refractivity contribution in [1.82, 2.24) is 0 Å². The Morgan fingerprint density at radius 2 is 2.00 bits per heavy atom. The van der Waals surface area contributed by atoms with Crippen LogP contribution in [-0.4, -0.2) is 34.0 Å². The smallest absolute Gasteiger partial charge is 0.232 e. The van der Waals surface area contributed by atoms with Crippen molar-refractivity contribution in [3.8, 4) is 0 Å². The SMILES string of the molecule is CC(C)Cc1c(CCC2=NCCC2)cccc1N(C)S(C)(=O)=O. The number of benzene rings is 1. The highest BCUT2D eigenvalue weighted by Crippen LogP contribution is 2.29. The van der Waals surface area contributed by atoms with Crippen LogP contribution in [0.15, 0.2) is 23.2 Å². The fraction of sp³-hybridized carbons (Fsp3) is 0.611. The molecule has 23 heavy (non-hydrogen) atoms. The van der Waals surface area contributed by atoms with E-state index < -0.39 is 10.0 Å². The molecule has 128 valence electrons. The molecule has 0 atom stereocenters. The second-order valence-electron chi connectivity index (χ2n) is 6.79. The molecule has 0 amide bonds. The Labute approximate surface area is 140 Å². The van der Waals surface area contributed by atoms with Gasteiger partial charge in [0.05, 0.1) is 11.9 Å². The van der Waals surface area contributed by atoms with Gasteiger partial charge < -0.3 is 0 Å². The van der Waals surface area contributed by atoms with E-state index in [4.69, 9.17) is 0 Å². The summed E-state index contributed by atoms with van der Waals surface area (Å²) < 4.78 is 25.3. The normalized spacial score (nSPS) is 15.1. The number of nitrogens with zero attached hydrogens (tertiary/aromatic N) is 2. The van der Waals surface area contributed by atoms with Crippen molar-refractivity contribution < 1.29 is 8.42 Å². The summed E-state index contributed by atoms with van der Waals surface area (Å²) in [5, 5.41) is 0. The van der Waals surface area contributed by atoms with Crippen LogP contribution in [0.2, 0.25) is 0 Å². The van der Waals surface area contributed by atoms with E-state index in [1.54, 1.807) is 7.05 Å². The molecule has 1 aromatic carbocycles. The second-order valence-corrected chi connectivity index (χ2v) is 8.81. The molecule has 0 radical (unpaired) electrons. The summed E-state index contributed by atoms with van der Waals surface area (Å²) in [7, 11) is -1.61. The highest BCUT2D eigenvalue weighted by molar-refractivity contribution is 7.92. The van der Waals surface area contributed by atoms with E-state index in [2.05, 4.69) is 24.9 Å². The van der Waals surface area contributed by atoms with Gasteiger partial charge in [-0.2, -0.15) is 0 Å². The minimum atomic E-state index is -3.25. The molecule has 1 aliphatic rings. The Bertz CT molecular complexity index is 678. The minimum Gasteiger partial charge on any atom is -0.294 e. The summed E-state index contributed by atoms with van der Waals surface area (Å²) in [6.45, 7) is 5.30. The quantitative estimate of drug-likeness (QED) is 0.766. The maximum absolute atomic E-state index is 12.0. The highest BCUT2D eigenvalue weighted by atomic mass is 32.2. The highest BCUT2D eigenvalue weighted by Gasteiger charge is 2.19. The molecule has 4 nitrogen and oxygen atoms in total. The molecule has 0 aromatic heterocycles. The Morgan fingerprint density at radius 1 is 1.26 bits per heavy atom. The fourth-order valence-corrected chi connectivity index (χ4v) is 3.58. The zero-order chi connectivity index (χ0) is 17.0. The molecule has 0 N–H and O–H groups in total. The van der Waals surface area contributed by atoms with Gasteiger partial charge in [-0.1, -0.05) is 26.0 Å². The van der Waals surface area contributed by atoms with E-state index in [0.717, 1.165) is 43.5 Å². The predicted octanol–water partition coefficient (Wildman–Crippen LogP) is 3.45. The standard InChI is InChI=1S/C18H28N2O2S/c1-14(2)13-17-15(10-11-16-8-6-12-19-16)7-5-9-18(17)20(3)23(4,21)22/h5,7,9,14H,6,8,10-13H2,1-4H3. The first-order valence-corrected chi connectivity index (χ1v) is 10.2.